The summed E-state index contributed by atoms with van der Waals surface area (Å²) in [6, 6.07) is 8.32. The molecule has 0 unspecified atom stereocenters. The number of benzene rings is 1. The van der Waals surface area contributed by atoms with E-state index in [1.54, 1.807) is 7.11 Å². The van der Waals surface area contributed by atoms with Crippen LogP contribution in [0.4, 0.5) is 0 Å². The molecule has 0 spiro atoms. The fraction of sp³-hybridized carbons (Fsp3) is 0.500. The van der Waals surface area contributed by atoms with Crippen molar-refractivity contribution in [3.8, 4) is 0 Å². The van der Waals surface area contributed by atoms with Crippen molar-refractivity contribution in [2.24, 2.45) is 5.73 Å². The van der Waals surface area contributed by atoms with Crippen LogP contribution < -0.4 is 5.73 Å². The molecule has 0 aliphatic rings. The molecule has 0 heterocycles. The topological polar surface area (TPSA) is 62.3 Å². The van der Waals surface area contributed by atoms with E-state index in [1.165, 1.54) is 5.56 Å². The molecule has 0 atom stereocenters. The van der Waals surface area contributed by atoms with Gasteiger partial charge >= 0.3 is 0 Å². The second-order valence-corrected chi connectivity index (χ2v) is 4.67. The van der Waals surface area contributed by atoms with Gasteiger partial charge in [0.05, 0.1) is 6.61 Å². The van der Waals surface area contributed by atoms with Gasteiger partial charge in [0, 0.05) is 31.8 Å². The van der Waals surface area contributed by atoms with Gasteiger partial charge in [-0.1, -0.05) is 24.3 Å². The lowest BCUT2D eigenvalue weighted by Gasteiger charge is -2.26. The van der Waals surface area contributed by atoms with Crippen molar-refractivity contribution in [2.45, 2.75) is 26.4 Å². The Morgan fingerprint density at radius 1 is 1.33 bits per heavy atom. The number of hydrogen-bond acceptors (Lipinski definition) is 3. The molecular weight excluding hydrogens is 226 g/mol. The third-order valence-corrected chi connectivity index (χ3v) is 2.96. The predicted octanol–water partition coefficient (Wildman–Crippen LogP) is 1.83. The Morgan fingerprint density at radius 3 is 2.39 bits per heavy atom. The molecule has 0 radical (unpaired) electrons. The number of amidine groups is 1. The number of nitrogens with one attached hydrogen (secondary N) is 1. The fourth-order valence-corrected chi connectivity index (χ4v) is 1.75. The van der Waals surface area contributed by atoms with E-state index in [0.717, 1.165) is 25.3 Å². The van der Waals surface area contributed by atoms with Crippen molar-refractivity contribution in [3.05, 3.63) is 35.4 Å². The molecule has 1 aromatic rings. The SMILES string of the molecule is COCCN(Cc1ccc(C(=N)N)cc1)C(C)C. The highest BCUT2D eigenvalue weighted by Gasteiger charge is 2.09. The largest absolute Gasteiger partial charge is 0.384 e. The summed E-state index contributed by atoms with van der Waals surface area (Å²) >= 11 is 0. The van der Waals surface area contributed by atoms with E-state index < -0.39 is 0 Å². The molecule has 1 rings (SSSR count). The van der Waals surface area contributed by atoms with Crippen LogP contribution in [-0.2, 0) is 11.3 Å². The first-order valence-electron chi connectivity index (χ1n) is 6.21. The van der Waals surface area contributed by atoms with Crippen LogP contribution in [0.15, 0.2) is 24.3 Å². The van der Waals surface area contributed by atoms with E-state index in [2.05, 4.69) is 18.7 Å². The summed E-state index contributed by atoms with van der Waals surface area (Å²) in [5.74, 6) is 0.113. The summed E-state index contributed by atoms with van der Waals surface area (Å²) < 4.78 is 5.12. The van der Waals surface area contributed by atoms with Crippen molar-refractivity contribution in [1.29, 1.82) is 5.41 Å². The third-order valence-electron chi connectivity index (χ3n) is 2.96. The first-order valence-corrected chi connectivity index (χ1v) is 6.21. The Labute approximate surface area is 109 Å². The molecule has 4 heteroatoms. The average Bonchev–Trinajstić information content (AvgIpc) is 2.34. The minimum Gasteiger partial charge on any atom is -0.384 e. The Kier molecular flexibility index (Phi) is 5.82. The predicted molar refractivity (Wildman–Crippen MR) is 74.9 cm³/mol. The zero-order chi connectivity index (χ0) is 13.5. The normalized spacial score (nSPS) is 11.2. The van der Waals surface area contributed by atoms with Crippen LogP contribution in [0, 0.1) is 5.41 Å². The maximum absolute atomic E-state index is 7.36. The minimum atomic E-state index is 0.113. The van der Waals surface area contributed by atoms with E-state index >= 15 is 0 Å². The highest BCUT2D eigenvalue weighted by atomic mass is 16.5. The van der Waals surface area contributed by atoms with Crippen LogP contribution in [0.25, 0.3) is 0 Å². The van der Waals surface area contributed by atoms with Gasteiger partial charge in [0.2, 0.25) is 0 Å². The van der Waals surface area contributed by atoms with Crippen molar-refractivity contribution in [3.63, 3.8) is 0 Å². The standard InChI is InChI=1S/C14H23N3O/c1-11(2)17(8-9-18-3)10-12-4-6-13(7-5-12)14(15)16/h4-7,11H,8-10H2,1-3H3,(H3,15,16). The molecular formula is C14H23N3O. The first-order chi connectivity index (χ1) is 8.54. The average molecular weight is 249 g/mol. The summed E-state index contributed by atoms with van der Waals surface area (Å²) in [4.78, 5) is 2.35. The van der Waals surface area contributed by atoms with Crippen LogP contribution in [0.2, 0.25) is 0 Å². The quantitative estimate of drug-likeness (QED) is 0.572. The van der Waals surface area contributed by atoms with E-state index in [9.17, 15) is 0 Å². The lowest BCUT2D eigenvalue weighted by molar-refractivity contribution is 0.125. The summed E-state index contributed by atoms with van der Waals surface area (Å²) in [6.45, 7) is 6.91. The summed E-state index contributed by atoms with van der Waals surface area (Å²) in [6.07, 6.45) is 0. The van der Waals surface area contributed by atoms with Crippen LogP contribution in [0.1, 0.15) is 25.0 Å². The van der Waals surface area contributed by atoms with Crippen LogP contribution in [0.5, 0.6) is 0 Å². The van der Waals surface area contributed by atoms with Gasteiger partial charge in [0.1, 0.15) is 5.84 Å². The Bertz CT molecular complexity index is 373. The van der Waals surface area contributed by atoms with E-state index in [4.69, 9.17) is 15.9 Å². The van der Waals surface area contributed by atoms with Gasteiger partial charge in [-0.15, -0.1) is 0 Å². The maximum Gasteiger partial charge on any atom is 0.122 e. The Hall–Kier alpha value is -1.39. The number of methoxy groups -OCH3 is 1. The van der Waals surface area contributed by atoms with Crippen LogP contribution in [0.3, 0.4) is 0 Å². The molecule has 18 heavy (non-hydrogen) atoms. The van der Waals surface area contributed by atoms with Crippen molar-refractivity contribution in [1.82, 2.24) is 4.90 Å². The zero-order valence-corrected chi connectivity index (χ0v) is 11.4. The van der Waals surface area contributed by atoms with E-state index in [-0.39, 0.29) is 5.84 Å². The number of nitrogens with two attached hydrogens (primary N) is 1. The lowest BCUT2D eigenvalue weighted by Crippen LogP contribution is -2.33. The molecule has 100 valence electrons. The molecule has 0 bridgehead atoms. The summed E-state index contributed by atoms with van der Waals surface area (Å²) in [5.41, 5.74) is 7.43. The molecule has 0 aliphatic carbocycles. The van der Waals surface area contributed by atoms with Crippen LogP contribution in [-0.4, -0.2) is 37.0 Å². The number of ether oxygens (including phenoxy) is 1. The molecule has 0 aliphatic heterocycles. The lowest BCUT2D eigenvalue weighted by atomic mass is 10.1. The minimum absolute atomic E-state index is 0.113. The number of nitrogens with zero attached hydrogens (tertiary/aromatic N) is 1. The van der Waals surface area contributed by atoms with Crippen molar-refractivity contribution < 1.29 is 4.74 Å². The molecule has 0 amide bonds. The zero-order valence-electron chi connectivity index (χ0n) is 11.4. The van der Waals surface area contributed by atoms with Crippen molar-refractivity contribution in [2.75, 3.05) is 20.3 Å². The third kappa shape index (κ3) is 4.47. The first kappa shape index (κ1) is 14.7. The number of nitrogen functional groups attached to an aromatic ring is 1. The van der Waals surface area contributed by atoms with E-state index in [0.29, 0.717) is 6.04 Å². The van der Waals surface area contributed by atoms with Gasteiger partial charge in [-0.3, -0.25) is 10.3 Å². The molecule has 4 nitrogen and oxygen atoms in total. The smallest absolute Gasteiger partial charge is 0.122 e. The summed E-state index contributed by atoms with van der Waals surface area (Å²) in [7, 11) is 1.72. The highest BCUT2D eigenvalue weighted by molar-refractivity contribution is 5.94. The Morgan fingerprint density at radius 2 is 1.94 bits per heavy atom. The van der Waals surface area contributed by atoms with Gasteiger partial charge in [0.25, 0.3) is 0 Å². The molecule has 3 N–H and O–H groups in total. The fourth-order valence-electron chi connectivity index (χ4n) is 1.75. The molecule has 0 saturated heterocycles. The summed E-state index contributed by atoms with van der Waals surface area (Å²) in [5, 5.41) is 7.36. The molecule has 0 saturated carbocycles. The van der Waals surface area contributed by atoms with E-state index in [1.807, 2.05) is 24.3 Å². The van der Waals surface area contributed by atoms with Gasteiger partial charge in [-0.25, -0.2) is 0 Å². The maximum atomic E-state index is 7.36. The number of hydrogen-bond donors (Lipinski definition) is 2. The van der Waals surface area contributed by atoms with Gasteiger partial charge < -0.3 is 10.5 Å². The molecule has 0 fully saturated rings. The Balaban J connectivity index is 2.65. The van der Waals surface area contributed by atoms with Gasteiger partial charge in [-0.2, -0.15) is 0 Å². The monoisotopic (exact) mass is 249 g/mol. The second kappa shape index (κ2) is 7.13. The highest BCUT2D eigenvalue weighted by Crippen LogP contribution is 2.09. The van der Waals surface area contributed by atoms with Gasteiger partial charge in [0.15, 0.2) is 0 Å². The van der Waals surface area contributed by atoms with Gasteiger partial charge in [-0.05, 0) is 19.4 Å². The molecule has 1 aromatic carbocycles. The molecule has 0 aromatic heterocycles. The van der Waals surface area contributed by atoms with Crippen molar-refractivity contribution >= 4 is 5.84 Å². The second-order valence-electron chi connectivity index (χ2n) is 4.67. The number of rotatable bonds is 7. The van der Waals surface area contributed by atoms with Crippen LogP contribution >= 0.6 is 0 Å².